The van der Waals surface area contributed by atoms with E-state index in [0.29, 0.717) is 5.69 Å². The van der Waals surface area contributed by atoms with Crippen molar-refractivity contribution in [2.24, 2.45) is 0 Å². The van der Waals surface area contributed by atoms with Crippen LogP contribution in [-0.4, -0.2) is 38.4 Å². The van der Waals surface area contributed by atoms with E-state index in [2.05, 4.69) is 33.8 Å². The molecule has 1 aliphatic carbocycles. The Balaban J connectivity index is 1.72. The molecule has 0 aliphatic heterocycles. The molecule has 1 saturated carbocycles. The molecule has 0 saturated heterocycles. The molecule has 3 rings (SSSR count). The Hall–Kier alpha value is -2.45. The average molecular weight is 388 g/mol. The zero-order valence-corrected chi connectivity index (χ0v) is 16.3. The van der Waals surface area contributed by atoms with Crippen LogP contribution in [0.25, 0.3) is 0 Å². The van der Waals surface area contributed by atoms with Gasteiger partial charge in [0.25, 0.3) is 5.91 Å². The van der Waals surface area contributed by atoms with Gasteiger partial charge < -0.3 is 10.2 Å². The summed E-state index contributed by atoms with van der Waals surface area (Å²) in [6.07, 6.45) is 3.31. The highest BCUT2D eigenvalue weighted by Crippen LogP contribution is 2.23. The third kappa shape index (κ3) is 4.84. The van der Waals surface area contributed by atoms with Gasteiger partial charge in [0.15, 0.2) is 0 Å². The van der Waals surface area contributed by atoms with Crippen LogP contribution in [0.1, 0.15) is 37.0 Å². The summed E-state index contributed by atoms with van der Waals surface area (Å²) < 4.78 is 27.2. The van der Waals surface area contributed by atoms with Crippen molar-refractivity contribution in [2.75, 3.05) is 23.3 Å². The molecule has 0 radical (unpaired) electrons. The monoisotopic (exact) mass is 388 g/mol. The number of pyridine rings is 1. The van der Waals surface area contributed by atoms with Crippen molar-refractivity contribution in [1.82, 2.24) is 9.71 Å². The van der Waals surface area contributed by atoms with Crippen LogP contribution < -0.4 is 14.9 Å². The lowest BCUT2D eigenvalue weighted by Gasteiger charge is -2.19. The second kappa shape index (κ2) is 8.06. The minimum absolute atomic E-state index is 0.0166. The van der Waals surface area contributed by atoms with Gasteiger partial charge in [-0.2, -0.15) is 0 Å². The number of benzene rings is 1. The van der Waals surface area contributed by atoms with E-state index in [1.54, 1.807) is 24.4 Å². The third-order valence-corrected chi connectivity index (χ3v) is 5.92. The van der Waals surface area contributed by atoms with E-state index in [1.165, 1.54) is 12.1 Å². The molecule has 0 unspecified atom stereocenters. The van der Waals surface area contributed by atoms with Crippen molar-refractivity contribution in [2.45, 2.75) is 37.6 Å². The molecule has 2 N–H and O–H groups in total. The molecule has 1 aromatic heterocycles. The molecular weight excluding hydrogens is 364 g/mol. The summed E-state index contributed by atoms with van der Waals surface area (Å²) in [5.74, 6) is 0.466. The lowest BCUT2D eigenvalue weighted by molar-refractivity contribution is 0.102. The number of hydrogen-bond donors (Lipinski definition) is 2. The van der Waals surface area contributed by atoms with Gasteiger partial charge in [0.2, 0.25) is 10.0 Å². The highest BCUT2D eigenvalue weighted by Gasteiger charge is 2.28. The first-order chi connectivity index (χ1) is 12.9. The molecular formula is C19H24N4O3S. The SMILES string of the molecule is CCN(CC)c1ccc(NC(=O)c2cccc(S(=O)(=O)NC3CC3)c2)cn1. The van der Waals surface area contributed by atoms with Crippen molar-refractivity contribution >= 4 is 27.4 Å². The molecule has 1 heterocycles. The highest BCUT2D eigenvalue weighted by molar-refractivity contribution is 7.89. The molecule has 0 atom stereocenters. The first-order valence-corrected chi connectivity index (χ1v) is 10.6. The molecule has 1 aliphatic rings. The highest BCUT2D eigenvalue weighted by atomic mass is 32.2. The summed E-state index contributed by atoms with van der Waals surface area (Å²) in [6.45, 7) is 5.82. The minimum atomic E-state index is -3.59. The summed E-state index contributed by atoms with van der Waals surface area (Å²) in [6, 6.07) is 9.68. The zero-order chi connectivity index (χ0) is 19.4. The van der Waals surface area contributed by atoms with Crippen molar-refractivity contribution in [3.05, 3.63) is 48.2 Å². The first kappa shape index (κ1) is 19.3. The maximum Gasteiger partial charge on any atom is 0.255 e. The van der Waals surface area contributed by atoms with Gasteiger partial charge in [-0.15, -0.1) is 0 Å². The predicted molar refractivity (Wildman–Crippen MR) is 106 cm³/mol. The second-order valence-electron chi connectivity index (χ2n) is 6.45. The smallest absolute Gasteiger partial charge is 0.255 e. The van der Waals surface area contributed by atoms with Crippen molar-refractivity contribution < 1.29 is 13.2 Å². The molecule has 8 heteroatoms. The van der Waals surface area contributed by atoms with E-state index in [4.69, 9.17) is 0 Å². The molecule has 1 amide bonds. The van der Waals surface area contributed by atoms with E-state index < -0.39 is 10.0 Å². The standard InChI is InChI=1S/C19H24N4O3S/c1-3-23(4-2)18-11-10-16(13-20-18)21-19(24)14-6-5-7-17(12-14)27(25,26)22-15-8-9-15/h5-7,10-13,15,22H,3-4,8-9H2,1-2H3,(H,21,24). The number of aromatic nitrogens is 1. The van der Waals surface area contributed by atoms with E-state index in [1.807, 2.05) is 6.07 Å². The number of rotatable bonds is 8. The summed E-state index contributed by atoms with van der Waals surface area (Å²) in [4.78, 5) is 19.1. The van der Waals surface area contributed by atoms with Gasteiger partial charge in [-0.3, -0.25) is 4.79 Å². The van der Waals surface area contributed by atoms with E-state index >= 15 is 0 Å². The molecule has 7 nitrogen and oxygen atoms in total. The fraction of sp³-hybridized carbons (Fsp3) is 0.368. The second-order valence-corrected chi connectivity index (χ2v) is 8.17. The Morgan fingerprint density at radius 1 is 1.19 bits per heavy atom. The van der Waals surface area contributed by atoms with Crippen LogP contribution in [0.3, 0.4) is 0 Å². The van der Waals surface area contributed by atoms with Crippen LogP contribution in [0.4, 0.5) is 11.5 Å². The molecule has 0 bridgehead atoms. The summed E-state index contributed by atoms with van der Waals surface area (Å²) in [5, 5.41) is 2.76. The van der Waals surface area contributed by atoms with Gasteiger partial charge in [0.05, 0.1) is 16.8 Å². The zero-order valence-electron chi connectivity index (χ0n) is 15.5. The van der Waals surface area contributed by atoms with Crippen LogP contribution in [0.2, 0.25) is 0 Å². The van der Waals surface area contributed by atoms with Gasteiger partial charge in [-0.05, 0) is 57.0 Å². The number of anilines is 2. The minimum Gasteiger partial charge on any atom is -0.357 e. The summed E-state index contributed by atoms with van der Waals surface area (Å²) in [5.41, 5.74) is 0.835. The Bertz CT molecular complexity index is 905. The van der Waals surface area contributed by atoms with Gasteiger partial charge in [-0.1, -0.05) is 6.07 Å². The molecule has 1 fully saturated rings. The summed E-state index contributed by atoms with van der Waals surface area (Å²) >= 11 is 0. The van der Waals surface area contributed by atoms with Crippen molar-refractivity contribution in [1.29, 1.82) is 0 Å². The van der Waals surface area contributed by atoms with Gasteiger partial charge >= 0.3 is 0 Å². The Kier molecular flexibility index (Phi) is 5.76. The lowest BCUT2D eigenvalue weighted by atomic mass is 10.2. The predicted octanol–water partition coefficient (Wildman–Crippen LogP) is 2.62. The number of carbonyl (C=O) groups excluding carboxylic acids is 1. The maximum absolute atomic E-state index is 12.5. The molecule has 144 valence electrons. The largest absolute Gasteiger partial charge is 0.357 e. The van der Waals surface area contributed by atoms with E-state index in [9.17, 15) is 13.2 Å². The normalized spacial score (nSPS) is 14.0. The Morgan fingerprint density at radius 3 is 2.52 bits per heavy atom. The number of hydrogen-bond acceptors (Lipinski definition) is 5. The van der Waals surface area contributed by atoms with Crippen LogP contribution in [0.5, 0.6) is 0 Å². The molecule has 1 aromatic carbocycles. The Morgan fingerprint density at radius 2 is 1.93 bits per heavy atom. The van der Waals surface area contributed by atoms with Crippen molar-refractivity contribution in [3.63, 3.8) is 0 Å². The van der Waals surface area contributed by atoms with Crippen LogP contribution in [0, 0.1) is 0 Å². The van der Waals surface area contributed by atoms with E-state index in [-0.39, 0.29) is 22.4 Å². The Labute approximate surface area is 159 Å². The molecule has 27 heavy (non-hydrogen) atoms. The van der Waals surface area contributed by atoms with Crippen LogP contribution in [-0.2, 0) is 10.0 Å². The van der Waals surface area contributed by atoms with Gasteiger partial charge in [-0.25, -0.2) is 18.1 Å². The molecule has 0 spiro atoms. The number of amides is 1. The number of sulfonamides is 1. The van der Waals surface area contributed by atoms with Gasteiger partial charge in [0, 0.05) is 24.7 Å². The van der Waals surface area contributed by atoms with Crippen LogP contribution >= 0.6 is 0 Å². The van der Waals surface area contributed by atoms with E-state index in [0.717, 1.165) is 31.7 Å². The molecule has 2 aromatic rings. The van der Waals surface area contributed by atoms with Crippen molar-refractivity contribution in [3.8, 4) is 0 Å². The fourth-order valence-electron chi connectivity index (χ4n) is 2.69. The maximum atomic E-state index is 12.5. The summed E-state index contributed by atoms with van der Waals surface area (Å²) in [7, 11) is -3.59. The third-order valence-electron chi connectivity index (χ3n) is 4.40. The number of carbonyl (C=O) groups is 1. The fourth-order valence-corrected chi connectivity index (χ4v) is 4.04. The quantitative estimate of drug-likeness (QED) is 0.725. The van der Waals surface area contributed by atoms with Crippen LogP contribution in [0.15, 0.2) is 47.5 Å². The number of nitrogens with one attached hydrogen (secondary N) is 2. The topological polar surface area (TPSA) is 91.4 Å². The average Bonchev–Trinajstić information content (AvgIpc) is 3.47. The number of nitrogens with zero attached hydrogens (tertiary/aromatic N) is 2. The lowest BCUT2D eigenvalue weighted by Crippen LogP contribution is -2.26. The first-order valence-electron chi connectivity index (χ1n) is 9.07. The van der Waals surface area contributed by atoms with Gasteiger partial charge in [0.1, 0.15) is 5.82 Å².